The molecule has 0 heterocycles. The first kappa shape index (κ1) is 15.3. The van der Waals surface area contributed by atoms with Crippen molar-refractivity contribution < 1.29 is 0 Å². The molecule has 0 saturated heterocycles. The highest BCUT2D eigenvalue weighted by atomic mass is 79.9. The normalized spacial score (nSPS) is 19.1. The van der Waals surface area contributed by atoms with Crippen LogP contribution in [0.15, 0.2) is 22.7 Å². The standard InChI is InChI=1S/C16H23BrClN/c1-12(14-6-4-2-3-5-7-14)19-11-13-8-9-15(17)16(18)10-13/h8-10,12,14,19H,2-7,11H2,1H3/t12-/m0/s1. The van der Waals surface area contributed by atoms with Crippen LogP contribution >= 0.6 is 27.5 Å². The van der Waals surface area contributed by atoms with E-state index in [0.717, 1.165) is 22.0 Å². The molecule has 0 aliphatic heterocycles. The Hall–Kier alpha value is -0.0500. The van der Waals surface area contributed by atoms with Crippen LogP contribution in [0.4, 0.5) is 0 Å². The van der Waals surface area contributed by atoms with Gasteiger partial charge in [-0.1, -0.05) is 43.4 Å². The van der Waals surface area contributed by atoms with Crippen molar-refractivity contribution in [3.05, 3.63) is 33.3 Å². The monoisotopic (exact) mass is 343 g/mol. The minimum Gasteiger partial charge on any atom is -0.310 e. The number of nitrogens with one attached hydrogen (secondary N) is 1. The van der Waals surface area contributed by atoms with Crippen molar-refractivity contribution >= 4 is 27.5 Å². The van der Waals surface area contributed by atoms with Gasteiger partial charge in [0.2, 0.25) is 0 Å². The lowest BCUT2D eigenvalue weighted by molar-refractivity contribution is 0.336. The molecule has 3 heteroatoms. The van der Waals surface area contributed by atoms with Crippen LogP contribution in [0.25, 0.3) is 0 Å². The van der Waals surface area contributed by atoms with E-state index in [9.17, 15) is 0 Å². The summed E-state index contributed by atoms with van der Waals surface area (Å²) in [5, 5.41) is 4.46. The summed E-state index contributed by atoms with van der Waals surface area (Å²) in [4.78, 5) is 0. The summed E-state index contributed by atoms with van der Waals surface area (Å²) in [6.45, 7) is 3.24. The SMILES string of the molecule is C[C@H](NCc1ccc(Br)c(Cl)c1)C1CCCCCC1. The molecule has 2 rings (SSSR count). The lowest BCUT2D eigenvalue weighted by atomic mass is 9.93. The summed E-state index contributed by atoms with van der Waals surface area (Å²) < 4.78 is 0.967. The van der Waals surface area contributed by atoms with Gasteiger partial charge in [-0.15, -0.1) is 0 Å². The number of hydrogen-bond acceptors (Lipinski definition) is 1. The van der Waals surface area contributed by atoms with Gasteiger partial charge >= 0.3 is 0 Å². The summed E-state index contributed by atoms with van der Waals surface area (Å²) in [6.07, 6.45) is 8.42. The fourth-order valence-corrected chi connectivity index (χ4v) is 3.36. The van der Waals surface area contributed by atoms with Gasteiger partial charge < -0.3 is 5.32 Å². The minimum atomic E-state index is 0.598. The van der Waals surface area contributed by atoms with Crippen LogP contribution in [0.5, 0.6) is 0 Å². The Morgan fingerprint density at radius 2 is 1.95 bits per heavy atom. The molecule has 19 heavy (non-hydrogen) atoms. The average molecular weight is 345 g/mol. The zero-order chi connectivity index (χ0) is 13.7. The van der Waals surface area contributed by atoms with Crippen molar-refractivity contribution in [3.8, 4) is 0 Å². The molecule has 0 amide bonds. The molecule has 1 aromatic carbocycles. The first-order valence-electron chi connectivity index (χ1n) is 7.34. The number of benzene rings is 1. The van der Waals surface area contributed by atoms with E-state index in [0.29, 0.717) is 6.04 Å². The molecule has 1 fully saturated rings. The van der Waals surface area contributed by atoms with Gasteiger partial charge in [-0.25, -0.2) is 0 Å². The Balaban J connectivity index is 1.84. The molecule has 0 aromatic heterocycles. The molecule has 0 spiro atoms. The van der Waals surface area contributed by atoms with E-state index < -0.39 is 0 Å². The third-order valence-corrected chi connectivity index (χ3v) is 5.45. The van der Waals surface area contributed by atoms with E-state index in [-0.39, 0.29) is 0 Å². The summed E-state index contributed by atoms with van der Waals surface area (Å²) >= 11 is 9.55. The first-order chi connectivity index (χ1) is 9.16. The maximum absolute atomic E-state index is 6.12. The third kappa shape index (κ3) is 4.77. The Labute approximate surface area is 130 Å². The van der Waals surface area contributed by atoms with Crippen LogP contribution in [-0.2, 0) is 6.54 Å². The van der Waals surface area contributed by atoms with Crippen molar-refractivity contribution in [1.82, 2.24) is 5.32 Å². The molecule has 0 bridgehead atoms. The zero-order valence-corrected chi connectivity index (χ0v) is 13.9. The van der Waals surface area contributed by atoms with E-state index in [2.05, 4.69) is 34.2 Å². The van der Waals surface area contributed by atoms with Gasteiger partial charge in [-0.05, 0) is 59.3 Å². The van der Waals surface area contributed by atoms with Crippen LogP contribution in [0.2, 0.25) is 5.02 Å². The van der Waals surface area contributed by atoms with Gasteiger partial charge in [-0.2, -0.15) is 0 Å². The number of halogens is 2. The van der Waals surface area contributed by atoms with Gasteiger partial charge in [-0.3, -0.25) is 0 Å². The third-order valence-electron chi connectivity index (χ3n) is 4.22. The van der Waals surface area contributed by atoms with E-state index in [1.807, 2.05) is 12.1 Å². The lowest BCUT2D eigenvalue weighted by Gasteiger charge is -2.23. The van der Waals surface area contributed by atoms with Crippen LogP contribution in [0.3, 0.4) is 0 Å². The average Bonchev–Trinajstić information content (AvgIpc) is 2.69. The topological polar surface area (TPSA) is 12.0 Å². The highest BCUT2D eigenvalue weighted by Gasteiger charge is 2.18. The van der Waals surface area contributed by atoms with Gasteiger partial charge in [0.15, 0.2) is 0 Å². The van der Waals surface area contributed by atoms with Crippen molar-refractivity contribution in [3.63, 3.8) is 0 Å². The molecule has 1 N–H and O–H groups in total. The molecule has 1 aromatic rings. The largest absolute Gasteiger partial charge is 0.310 e. The molecular formula is C16H23BrClN. The van der Waals surface area contributed by atoms with E-state index in [4.69, 9.17) is 11.6 Å². The molecule has 1 atom stereocenters. The first-order valence-corrected chi connectivity index (χ1v) is 8.51. The molecule has 1 aliphatic carbocycles. The Morgan fingerprint density at radius 1 is 1.26 bits per heavy atom. The summed E-state index contributed by atoms with van der Waals surface area (Å²) in [7, 11) is 0. The van der Waals surface area contributed by atoms with Gasteiger partial charge in [0.1, 0.15) is 0 Å². The van der Waals surface area contributed by atoms with Crippen molar-refractivity contribution in [2.45, 2.75) is 58.0 Å². The maximum Gasteiger partial charge on any atom is 0.0551 e. The molecule has 106 valence electrons. The van der Waals surface area contributed by atoms with E-state index >= 15 is 0 Å². The number of hydrogen-bond donors (Lipinski definition) is 1. The fraction of sp³-hybridized carbons (Fsp3) is 0.625. The molecule has 0 unspecified atom stereocenters. The van der Waals surface area contributed by atoms with Crippen molar-refractivity contribution in [1.29, 1.82) is 0 Å². The second kappa shape index (κ2) is 7.66. The van der Waals surface area contributed by atoms with Crippen LogP contribution < -0.4 is 5.32 Å². The second-order valence-electron chi connectivity index (χ2n) is 5.67. The lowest BCUT2D eigenvalue weighted by Crippen LogP contribution is -2.32. The minimum absolute atomic E-state index is 0.598. The summed E-state index contributed by atoms with van der Waals surface area (Å²) in [5.74, 6) is 0.841. The van der Waals surface area contributed by atoms with Crippen molar-refractivity contribution in [2.24, 2.45) is 5.92 Å². The zero-order valence-electron chi connectivity index (χ0n) is 11.6. The van der Waals surface area contributed by atoms with Crippen LogP contribution in [0, 0.1) is 5.92 Å². The fourth-order valence-electron chi connectivity index (χ4n) is 2.91. The molecular weight excluding hydrogens is 322 g/mol. The molecule has 1 saturated carbocycles. The maximum atomic E-state index is 6.12. The van der Waals surface area contributed by atoms with Crippen LogP contribution in [-0.4, -0.2) is 6.04 Å². The quantitative estimate of drug-likeness (QED) is 0.706. The summed E-state index contributed by atoms with van der Waals surface area (Å²) in [6, 6.07) is 6.79. The highest BCUT2D eigenvalue weighted by Crippen LogP contribution is 2.26. The van der Waals surface area contributed by atoms with Gasteiger partial charge in [0.25, 0.3) is 0 Å². The van der Waals surface area contributed by atoms with Gasteiger partial charge in [0, 0.05) is 17.1 Å². The Morgan fingerprint density at radius 3 is 2.58 bits per heavy atom. The predicted octanol–water partition coefficient (Wildman–Crippen LogP) is 5.55. The van der Waals surface area contributed by atoms with E-state index in [1.54, 1.807) is 0 Å². The molecule has 0 radical (unpaired) electrons. The van der Waals surface area contributed by atoms with Gasteiger partial charge in [0.05, 0.1) is 5.02 Å². The number of rotatable bonds is 4. The van der Waals surface area contributed by atoms with Crippen molar-refractivity contribution in [2.75, 3.05) is 0 Å². The van der Waals surface area contributed by atoms with Crippen LogP contribution in [0.1, 0.15) is 51.0 Å². The van der Waals surface area contributed by atoms with E-state index in [1.165, 1.54) is 44.1 Å². The Kier molecular flexibility index (Phi) is 6.18. The summed E-state index contributed by atoms with van der Waals surface area (Å²) in [5.41, 5.74) is 1.26. The predicted molar refractivity (Wildman–Crippen MR) is 86.6 cm³/mol. The second-order valence-corrected chi connectivity index (χ2v) is 6.93. The highest BCUT2D eigenvalue weighted by molar-refractivity contribution is 9.10. The molecule has 1 nitrogen and oxygen atoms in total. The Bertz CT molecular complexity index is 400. The molecule has 1 aliphatic rings. The smallest absolute Gasteiger partial charge is 0.0551 e.